The maximum atomic E-state index is 12.3. The lowest BCUT2D eigenvalue weighted by Gasteiger charge is -2.23. The number of hydrogen-bond donors (Lipinski definition) is 1. The summed E-state index contributed by atoms with van der Waals surface area (Å²) < 4.78 is 5.12. The first-order chi connectivity index (χ1) is 11.3. The highest BCUT2D eigenvalue weighted by atomic mass is 16.5. The number of hydrogen-bond acceptors (Lipinski definition) is 3. The molecule has 0 saturated carbocycles. The second-order valence-electron chi connectivity index (χ2n) is 6.11. The van der Waals surface area contributed by atoms with E-state index in [1.165, 1.54) is 18.4 Å². The zero-order valence-electron chi connectivity index (χ0n) is 13.5. The van der Waals surface area contributed by atoms with Gasteiger partial charge in [-0.1, -0.05) is 24.3 Å². The van der Waals surface area contributed by atoms with E-state index in [0.717, 1.165) is 30.0 Å². The van der Waals surface area contributed by atoms with Gasteiger partial charge >= 0.3 is 0 Å². The molecule has 1 heterocycles. The Labute approximate surface area is 137 Å². The van der Waals surface area contributed by atoms with Crippen molar-refractivity contribution in [2.45, 2.75) is 25.2 Å². The van der Waals surface area contributed by atoms with Crippen LogP contribution in [0, 0.1) is 0 Å². The van der Waals surface area contributed by atoms with Crippen LogP contribution >= 0.6 is 0 Å². The fourth-order valence-corrected chi connectivity index (χ4v) is 3.11. The summed E-state index contributed by atoms with van der Waals surface area (Å²) in [4.78, 5) is 12.3. The van der Waals surface area contributed by atoms with Crippen molar-refractivity contribution in [2.75, 3.05) is 20.2 Å². The number of Topliss-reactive ketones (excluding diaryl/α,β-unsaturated/α-hetero) is 1. The number of ether oxygens (including phenoxy) is 1. The number of methoxy groups -OCH3 is 1. The zero-order valence-corrected chi connectivity index (χ0v) is 13.5. The third-order valence-electron chi connectivity index (χ3n) is 4.52. The van der Waals surface area contributed by atoms with Gasteiger partial charge in [0, 0.05) is 18.5 Å². The maximum Gasteiger partial charge on any atom is 0.167 e. The smallest absolute Gasteiger partial charge is 0.167 e. The van der Waals surface area contributed by atoms with Gasteiger partial charge < -0.3 is 10.1 Å². The van der Waals surface area contributed by atoms with Crippen molar-refractivity contribution in [2.24, 2.45) is 0 Å². The van der Waals surface area contributed by atoms with Crippen LogP contribution in [0.4, 0.5) is 0 Å². The molecule has 0 aromatic heterocycles. The van der Waals surface area contributed by atoms with Gasteiger partial charge in [-0.15, -0.1) is 0 Å². The van der Waals surface area contributed by atoms with Crippen LogP contribution in [0.2, 0.25) is 0 Å². The highest BCUT2D eigenvalue weighted by Gasteiger charge is 2.15. The summed E-state index contributed by atoms with van der Waals surface area (Å²) in [7, 11) is 1.63. The number of carbonyl (C=O) groups is 1. The van der Waals surface area contributed by atoms with Crippen molar-refractivity contribution in [3.8, 4) is 5.75 Å². The van der Waals surface area contributed by atoms with Gasteiger partial charge in [0.2, 0.25) is 0 Å². The summed E-state index contributed by atoms with van der Waals surface area (Å²) in [5, 5.41) is 3.45. The molecule has 0 radical (unpaired) electrons. The predicted octanol–water partition coefficient (Wildman–Crippen LogP) is 3.59. The van der Waals surface area contributed by atoms with Gasteiger partial charge in [-0.3, -0.25) is 4.79 Å². The van der Waals surface area contributed by atoms with Gasteiger partial charge in [-0.2, -0.15) is 0 Å². The molecule has 120 valence electrons. The molecule has 0 aliphatic carbocycles. The van der Waals surface area contributed by atoms with E-state index in [1.54, 1.807) is 7.11 Å². The molecule has 0 spiro atoms. The lowest BCUT2D eigenvalue weighted by Crippen LogP contribution is -2.28. The molecule has 2 aromatic rings. The number of piperidine rings is 1. The second-order valence-corrected chi connectivity index (χ2v) is 6.11. The Bertz CT molecular complexity index is 640. The molecule has 1 aliphatic heterocycles. The monoisotopic (exact) mass is 309 g/mol. The summed E-state index contributed by atoms with van der Waals surface area (Å²) in [6.45, 7) is 2.19. The number of rotatable bonds is 5. The van der Waals surface area contributed by atoms with Crippen LogP contribution in [0.5, 0.6) is 5.75 Å². The van der Waals surface area contributed by atoms with Crippen LogP contribution < -0.4 is 10.1 Å². The Morgan fingerprint density at radius 1 is 1.13 bits per heavy atom. The first-order valence-electron chi connectivity index (χ1n) is 8.23. The van der Waals surface area contributed by atoms with E-state index in [9.17, 15) is 4.79 Å². The first-order valence-corrected chi connectivity index (χ1v) is 8.23. The van der Waals surface area contributed by atoms with Crippen LogP contribution in [0.1, 0.15) is 40.2 Å². The van der Waals surface area contributed by atoms with Gasteiger partial charge in [-0.25, -0.2) is 0 Å². The molecule has 2 aromatic carbocycles. The lowest BCUT2D eigenvalue weighted by atomic mass is 9.90. The van der Waals surface area contributed by atoms with E-state index in [4.69, 9.17) is 4.74 Å². The van der Waals surface area contributed by atoms with Crippen molar-refractivity contribution >= 4 is 5.78 Å². The minimum Gasteiger partial charge on any atom is -0.497 e. The van der Waals surface area contributed by atoms with Crippen molar-refractivity contribution < 1.29 is 9.53 Å². The molecular formula is C20H23NO2. The van der Waals surface area contributed by atoms with Gasteiger partial charge in [0.1, 0.15) is 5.75 Å². The predicted molar refractivity (Wildman–Crippen MR) is 92.3 cm³/mol. The number of carbonyl (C=O) groups excluding carboxylic acids is 1. The molecule has 1 fully saturated rings. The fraction of sp³-hybridized carbons (Fsp3) is 0.350. The lowest BCUT2D eigenvalue weighted by molar-refractivity contribution is 0.0993. The summed E-state index contributed by atoms with van der Waals surface area (Å²) in [6, 6.07) is 15.8. The highest BCUT2D eigenvalue weighted by molar-refractivity contribution is 5.97. The third kappa shape index (κ3) is 3.99. The minimum absolute atomic E-state index is 0.139. The van der Waals surface area contributed by atoms with Crippen molar-refractivity contribution in [3.63, 3.8) is 0 Å². The maximum absolute atomic E-state index is 12.3. The number of ketones is 1. The number of benzene rings is 2. The molecular weight excluding hydrogens is 286 g/mol. The van der Waals surface area contributed by atoms with E-state index in [-0.39, 0.29) is 5.78 Å². The van der Waals surface area contributed by atoms with Crippen LogP contribution in [-0.4, -0.2) is 26.0 Å². The van der Waals surface area contributed by atoms with Crippen LogP contribution in [-0.2, 0) is 6.42 Å². The number of nitrogens with one attached hydrogen (secondary N) is 1. The van der Waals surface area contributed by atoms with Gasteiger partial charge in [0.05, 0.1) is 7.11 Å². The summed E-state index contributed by atoms with van der Waals surface area (Å²) in [5.74, 6) is 1.52. The van der Waals surface area contributed by atoms with E-state index in [0.29, 0.717) is 12.3 Å². The largest absolute Gasteiger partial charge is 0.497 e. The van der Waals surface area contributed by atoms with Crippen LogP contribution in [0.3, 0.4) is 0 Å². The van der Waals surface area contributed by atoms with Crippen molar-refractivity contribution in [3.05, 3.63) is 65.2 Å². The van der Waals surface area contributed by atoms with E-state index in [1.807, 2.05) is 24.3 Å². The van der Waals surface area contributed by atoms with E-state index < -0.39 is 0 Å². The Kier molecular flexibility index (Phi) is 5.09. The Hall–Kier alpha value is -2.13. The van der Waals surface area contributed by atoms with Crippen molar-refractivity contribution in [1.82, 2.24) is 5.32 Å². The molecule has 0 amide bonds. The average Bonchev–Trinajstić information content (AvgIpc) is 2.63. The Morgan fingerprint density at radius 3 is 2.48 bits per heavy atom. The fourth-order valence-electron chi connectivity index (χ4n) is 3.11. The van der Waals surface area contributed by atoms with Crippen LogP contribution in [0.25, 0.3) is 0 Å². The van der Waals surface area contributed by atoms with Gasteiger partial charge in [-0.05, 0) is 60.7 Å². The summed E-state index contributed by atoms with van der Waals surface area (Å²) >= 11 is 0. The van der Waals surface area contributed by atoms with Crippen LogP contribution in [0.15, 0.2) is 48.5 Å². The SMILES string of the molecule is COc1ccc(C(=O)Cc2ccc(C3CCCNC3)cc2)cc1. The van der Waals surface area contributed by atoms with E-state index >= 15 is 0 Å². The van der Waals surface area contributed by atoms with Gasteiger partial charge in [0.15, 0.2) is 5.78 Å². The molecule has 1 N–H and O–H groups in total. The molecule has 1 aliphatic rings. The second kappa shape index (κ2) is 7.42. The third-order valence-corrected chi connectivity index (χ3v) is 4.52. The Balaban J connectivity index is 1.63. The molecule has 1 atom stereocenters. The minimum atomic E-state index is 0.139. The molecule has 3 rings (SSSR count). The molecule has 3 heteroatoms. The average molecular weight is 309 g/mol. The topological polar surface area (TPSA) is 38.3 Å². The molecule has 0 bridgehead atoms. The molecule has 1 unspecified atom stereocenters. The summed E-state index contributed by atoms with van der Waals surface area (Å²) in [5.41, 5.74) is 3.17. The van der Waals surface area contributed by atoms with E-state index in [2.05, 4.69) is 29.6 Å². The van der Waals surface area contributed by atoms with Gasteiger partial charge in [0.25, 0.3) is 0 Å². The Morgan fingerprint density at radius 2 is 1.87 bits per heavy atom. The quantitative estimate of drug-likeness (QED) is 0.858. The molecule has 23 heavy (non-hydrogen) atoms. The molecule has 3 nitrogen and oxygen atoms in total. The standard InChI is InChI=1S/C20H23NO2/c1-23-19-10-8-17(9-11-19)20(22)13-15-4-6-16(7-5-15)18-3-2-12-21-14-18/h4-11,18,21H,2-3,12-14H2,1H3. The summed E-state index contributed by atoms with van der Waals surface area (Å²) in [6.07, 6.45) is 2.93. The molecule has 1 saturated heterocycles. The highest BCUT2D eigenvalue weighted by Crippen LogP contribution is 2.23. The van der Waals surface area contributed by atoms with Crippen molar-refractivity contribution in [1.29, 1.82) is 0 Å². The zero-order chi connectivity index (χ0) is 16.1. The first kappa shape index (κ1) is 15.8. The normalized spacial score (nSPS) is 17.7.